The van der Waals surface area contributed by atoms with Crippen LogP contribution in [0.2, 0.25) is 0 Å². The van der Waals surface area contributed by atoms with Crippen molar-refractivity contribution in [2.45, 2.75) is 30.6 Å². The third kappa shape index (κ3) is 5.68. The topological polar surface area (TPSA) is 111 Å². The third-order valence-electron chi connectivity index (χ3n) is 4.78. The van der Waals surface area contributed by atoms with Crippen LogP contribution in [0.1, 0.15) is 23.2 Å². The molecule has 166 valence electrons. The molecule has 11 heteroatoms. The molecular formula is C21H21FN6O3S. The molecule has 0 saturated carbocycles. The summed E-state index contributed by atoms with van der Waals surface area (Å²) in [6, 6.07) is 12.1. The van der Waals surface area contributed by atoms with E-state index in [0.29, 0.717) is 28.6 Å². The Morgan fingerprint density at radius 2 is 1.97 bits per heavy atom. The zero-order valence-electron chi connectivity index (χ0n) is 17.0. The molecule has 1 aliphatic heterocycles. The number of amides is 2. The molecule has 2 heterocycles. The van der Waals surface area contributed by atoms with Crippen LogP contribution in [0.25, 0.3) is 0 Å². The number of thioether (sulfide) groups is 1. The number of benzene rings is 2. The Hall–Kier alpha value is -3.31. The first-order chi connectivity index (χ1) is 15.6. The molecule has 1 fully saturated rings. The van der Waals surface area contributed by atoms with Crippen LogP contribution in [0.4, 0.5) is 15.8 Å². The second kappa shape index (κ2) is 10.3. The van der Waals surface area contributed by atoms with Crippen molar-refractivity contribution in [1.29, 1.82) is 0 Å². The van der Waals surface area contributed by atoms with Crippen LogP contribution in [-0.4, -0.2) is 50.5 Å². The number of halogens is 1. The molecule has 1 saturated heterocycles. The maximum Gasteiger partial charge on any atom is 0.257 e. The fourth-order valence-corrected chi connectivity index (χ4v) is 3.92. The smallest absolute Gasteiger partial charge is 0.257 e. The van der Waals surface area contributed by atoms with Crippen LogP contribution in [0.5, 0.6) is 0 Å². The lowest BCUT2D eigenvalue weighted by Gasteiger charge is -2.12. The summed E-state index contributed by atoms with van der Waals surface area (Å²) in [5, 5.41) is 17.6. The second-order valence-electron chi connectivity index (χ2n) is 7.12. The summed E-state index contributed by atoms with van der Waals surface area (Å²) < 4.78 is 20.3. The minimum absolute atomic E-state index is 0.0693. The minimum Gasteiger partial charge on any atom is -0.376 e. The number of carbonyl (C=O) groups is 2. The van der Waals surface area contributed by atoms with E-state index in [-0.39, 0.29) is 17.8 Å². The van der Waals surface area contributed by atoms with Gasteiger partial charge in [-0.3, -0.25) is 9.59 Å². The van der Waals surface area contributed by atoms with E-state index in [1.165, 1.54) is 36.0 Å². The van der Waals surface area contributed by atoms with Crippen molar-refractivity contribution in [1.82, 2.24) is 20.2 Å². The lowest BCUT2D eigenvalue weighted by molar-refractivity contribution is -0.113. The molecule has 9 nitrogen and oxygen atoms in total. The molecule has 0 radical (unpaired) electrons. The maximum atomic E-state index is 13.1. The van der Waals surface area contributed by atoms with Gasteiger partial charge < -0.3 is 15.4 Å². The number of rotatable bonds is 8. The Balaban J connectivity index is 1.35. The largest absolute Gasteiger partial charge is 0.376 e. The van der Waals surface area contributed by atoms with E-state index >= 15 is 0 Å². The van der Waals surface area contributed by atoms with Crippen molar-refractivity contribution < 1.29 is 18.7 Å². The predicted molar refractivity (Wildman–Crippen MR) is 117 cm³/mol. The average Bonchev–Trinajstić information content (AvgIpc) is 3.47. The van der Waals surface area contributed by atoms with E-state index < -0.39 is 11.7 Å². The van der Waals surface area contributed by atoms with Crippen LogP contribution in [0.15, 0.2) is 53.7 Å². The molecule has 1 aromatic heterocycles. The lowest BCUT2D eigenvalue weighted by Crippen LogP contribution is -2.20. The van der Waals surface area contributed by atoms with Crippen LogP contribution in [-0.2, 0) is 16.1 Å². The number of para-hydroxylation sites is 1. The van der Waals surface area contributed by atoms with E-state index in [4.69, 9.17) is 4.74 Å². The summed E-state index contributed by atoms with van der Waals surface area (Å²) in [7, 11) is 0. The zero-order chi connectivity index (χ0) is 22.3. The first kappa shape index (κ1) is 21.9. The van der Waals surface area contributed by atoms with Gasteiger partial charge in [0.25, 0.3) is 5.91 Å². The molecule has 1 aliphatic rings. The normalized spacial score (nSPS) is 15.5. The van der Waals surface area contributed by atoms with Crippen molar-refractivity contribution in [2.75, 3.05) is 23.0 Å². The Bertz CT molecular complexity index is 1090. The Morgan fingerprint density at radius 1 is 1.16 bits per heavy atom. The average molecular weight is 457 g/mol. The van der Waals surface area contributed by atoms with Crippen LogP contribution >= 0.6 is 11.8 Å². The summed E-state index contributed by atoms with van der Waals surface area (Å²) >= 11 is 1.21. The molecule has 1 atom stereocenters. The molecule has 0 bridgehead atoms. The standard InChI is InChI=1S/C21H21FN6O3S/c22-14-7-9-15(10-8-14)23-20(30)17-5-1-2-6-18(17)24-19(29)13-32-21-25-26-27-28(21)12-16-4-3-11-31-16/h1-2,5-10,16H,3-4,11-13H2,(H,23,30)(H,24,29). The Kier molecular flexibility index (Phi) is 7.07. The highest BCUT2D eigenvalue weighted by atomic mass is 32.2. The van der Waals surface area contributed by atoms with E-state index in [1.54, 1.807) is 28.9 Å². The van der Waals surface area contributed by atoms with Gasteiger partial charge in [-0.2, -0.15) is 0 Å². The third-order valence-corrected chi connectivity index (χ3v) is 5.74. The summed E-state index contributed by atoms with van der Waals surface area (Å²) in [5.74, 6) is -1.04. The molecular weight excluding hydrogens is 435 g/mol. The highest BCUT2D eigenvalue weighted by Crippen LogP contribution is 2.21. The van der Waals surface area contributed by atoms with Gasteiger partial charge in [0.2, 0.25) is 11.1 Å². The number of tetrazole rings is 1. The second-order valence-corrected chi connectivity index (χ2v) is 8.06. The fourth-order valence-electron chi connectivity index (χ4n) is 3.23. The van der Waals surface area contributed by atoms with Gasteiger partial charge in [-0.05, 0) is 59.7 Å². The highest BCUT2D eigenvalue weighted by Gasteiger charge is 2.20. The molecule has 0 aliphatic carbocycles. The van der Waals surface area contributed by atoms with Crippen molar-refractivity contribution >= 4 is 35.0 Å². The van der Waals surface area contributed by atoms with E-state index in [9.17, 15) is 14.0 Å². The number of ether oxygens (including phenoxy) is 1. The molecule has 2 aromatic carbocycles. The van der Waals surface area contributed by atoms with E-state index in [1.807, 2.05) is 0 Å². The van der Waals surface area contributed by atoms with Gasteiger partial charge in [-0.1, -0.05) is 23.9 Å². The summed E-state index contributed by atoms with van der Waals surface area (Å²) in [4.78, 5) is 25.2. The molecule has 3 aromatic rings. The number of hydrogen-bond donors (Lipinski definition) is 2. The number of anilines is 2. The first-order valence-corrected chi connectivity index (χ1v) is 11.0. The SMILES string of the molecule is O=C(CSc1nnnn1CC1CCCO1)Nc1ccccc1C(=O)Nc1ccc(F)cc1. The van der Waals surface area contributed by atoms with Gasteiger partial charge in [0.1, 0.15) is 5.82 Å². The highest BCUT2D eigenvalue weighted by molar-refractivity contribution is 7.99. The monoisotopic (exact) mass is 456 g/mol. The fraction of sp³-hybridized carbons (Fsp3) is 0.286. The van der Waals surface area contributed by atoms with Gasteiger partial charge in [-0.15, -0.1) is 5.10 Å². The van der Waals surface area contributed by atoms with E-state index in [0.717, 1.165) is 19.4 Å². The Labute approximate surface area is 187 Å². The molecule has 32 heavy (non-hydrogen) atoms. The van der Waals surface area contributed by atoms with Crippen molar-refractivity contribution in [3.8, 4) is 0 Å². The van der Waals surface area contributed by atoms with Gasteiger partial charge in [0.15, 0.2) is 0 Å². The predicted octanol–water partition coefficient (Wildman–Crippen LogP) is 2.97. The van der Waals surface area contributed by atoms with Crippen LogP contribution in [0, 0.1) is 5.82 Å². The van der Waals surface area contributed by atoms with E-state index in [2.05, 4.69) is 26.2 Å². The Morgan fingerprint density at radius 3 is 2.75 bits per heavy atom. The van der Waals surface area contributed by atoms with Gasteiger partial charge in [0.05, 0.1) is 29.7 Å². The number of aromatic nitrogens is 4. The number of hydrogen-bond acceptors (Lipinski definition) is 7. The summed E-state index contributed by atoms with van der Waals surface area (Å²) in [5.41, 5.74) is 1.11. The number of carbonyl (C=O) groups excluding carboxylic acids is 2. The zero-order valence-corrected chi connectivity index (χ0v) is 17.8. The van der Waals surface area contributed by atoms with Gasteiger partial charge in [-0.25, -0.2) is 9.07 Å². The summed E-state index contributed by atoms with van der Waals surface area (Å²) in [6.45, 7) is 1.29. The van der Waals surface area contributed by atoms with Crippen molar-refractivity contribution in [3.05, 3.63) is 59.9 Å². The number of nitrogens with one attached hydrogen (secondary N) is 2. The molecule has 1 unspecified atom stereocenters. The van der Waals surface area contributed by atoms with Crippen LogP contribution < -0.4 is 10.6 Å². The van der Waals surface area contributed by atoms with Crippen molar-refractivity contribution in [3.63, 3.8) is 0 Å². The number of nitrogens with zero attached hydrogens (tertiary/aromatic N) is 4. The maximum absolute atomic E-state index is 13.1. The van der Waals surface area contributed by atoms with Crippen molar-refractivity contribution in [2.24, 2.45) is 0 Å². The lowest BCUT2D eigenvalue weighted by atomic mass is 10.1. The quantitative estimate of drug-likeness (QED) is 0.501. The molecule has 4 rings (SSSR count). The first-order valence-electron chi connectivity index (χ1n) is 10.0. The van der Waals surface area contributed by atoms with Gasteiger partial charge in [0, 0.05) is 12.3 Å². The molecule has 2 N–H and O–H groups in total. The molecule has 0 spiro atoms. The minimum atomic E-state index is -0.416. The van der Waals surface area contributed by atoms with Gasteiger partial charge >= 0.3 is 0 Å². The molecule has 2 amide bonds. The van der Waals surface area contributed by atoms with Crippen LogP contribution in [0.3, 0.4) is 0 Å². The summed E-state index contributed by atoms with van der Waals surface area (Å²) in [6.07, 6.45) is 2.06.